The molecular weight excluding hydrogens is 268 g/mol. The molecular formula is C16H16N2O3. The van der Waals surface area contributed by atoms with Crippen molar-refractivity contribution in [1.29, 1.82) is 0 Å². The fraction of sp³-hybridized carbons (Fsp3) is 0.375. The highest BCUT2D eigenvalue weighted by molar-refractivity contribution is 5.99. The SMILES string of the molecule is O=C(O)c1c(N2CCC3(CC3)C2)noc1-c1ccccc1. The van der Waals surface area contributed by atoms with E-state index in [9.17, 15) is 9.90 Å². The summed E-state index contributed by atoms with van der Waals surface area (Å²) in [4.78, 5) is 13.7. The molecule has 1 spiro atoms. The third-order valence-electron chi connectivity index (χ3n) is 4.62. The van der Waals surface area contributed by atoms with Crippen molar-refractivity contribution in [2.24, 2.45) is 5.41 Å². The van der Waals surface area contributed by atoms with Gasteiger partial charge in [0.2, 0.25) is 0 Å². The summed E-state index contributed by atoms with van der Waals surface area (Å²) in [5.41, 5.74) is 1.34. The molecule has 1 aliphatic carbocycles. The topological polar surface area (TPSA) is 66.6 Å². The molecule has 1 aromatic carbocycles. The fourth-order valence-corrected chi connectivity index (χ4v) is 3.18. The van der Waals surface area contributed by atoms with Crippen molar-refractivity contribution >= 4 is 11.8 Å². The third-order valence-corrected chi connectivity index (χ3v) is 4.62. The van der Waals surface area contributed by atoms with Crippen LogP contribution < -0.4 is 4.90 Å². The molecule has 4 rings (SSSR count). The summed E-state index contributed by atoms with van der Waals surface area (Å²) in [7, 11) is 0. The van der Waals surface area contributed by atoms with Gasteiger partial charge in [0, 0.05) is 18.7 Å². The van der Waals surface area contributed by atoms with Crippen LogP contribution in [0.5, 0.6) is 0 Å². The predicted octanol–water partition coefficient (Wildman–Crippen LogP) is 3.03. The first-order valence-corrected chi connectivity index (χ1v) is 7.22. The number of carboxylic acids is 1. The maximum Gasteiger partial charge on any atom is 0.343 e. The van der Waals surface area contributed by atoms with E-state index < -0.39 is 5.97 Å². The number of carboxylic acid groups (broad SMARTS) is 1. The summed E-state index contributed by atoms with van der Waals surface area (Å²) in [5, 5.41) is 13.6. The molecule has 108 valence electrons. The molecule has 0 bridgehead atoms. The van der Waals surface area contributed by atoms with Crippen LogP contribution in [0, 0.1) is 5.41 Å². The van der Waals surface area contributed by atoms with Gasteiger partial charge in [-0.15, -0.1) is 0 Å². The Morgan fingerprint density at radius 3 is 2.62 bits per heavy atom. The van der Waals surface area contributed by atoms with E-state index in [2.05, 4.69) is 10.1 Å². The van der Waals surface area contributed by atoms with E-state index in [1.165, 1.54) is 12.8 Å². The third kappa shape index (κ3) is 2.00. The Bertz CT molecular complexity index is 689. The minimum atomic E-state index is -0.984. The quantitative estimate of drug-likeness (QED) is 0.938. The van der Waals surface area contributed by atoms with Gasteiger partial charge in [0.15, 0.2) is 17.1 Å². The van der Waals surface area contributed by atoms with E-state index in [1.54, 1.807) is 0 Å². The highest BCUT2D eigenvalue weighted by atomic mass is 16.5. The zero-order chi connectivity index (χ0) is 14.4. The van der Waals surface area contributed by atoms with Crippen LogP contribution in [0.15, 0.2) is 34.9 Å². The van der Waals surface area contributed by atoms with E-state index in [0.717, 1.165) is 25.1 Å². The first-order valence-electron chi connectivity index (χ1n) is 7.22. The molecule has 0 atom stereocenters. The van der Waals surface area contributed by atoms with E-state index in [1.807, 2.05) is 30.3 Å². The van der Waals surface area contributed by atoms with Crippen LogP contribution in [0.25, 0.3) is 11.3 Å². The Morgan fingerprint density at radius 1 is 1.24 bits per heavy atom. The van der Waals surface area contributed by atoms with Gasteiger partial charge in [-0.3, -0.25) is 0 Å². The number of aromatic carboxylic acids is 1. The maximum absolute atomic E-state index is 11.7. The van der Waals surface area contributed by atoms with Crippen molar-refractivity contribution in [1.82, 2.24) is 5.16 Å². The first kappa shape index (κ1) is 12.4. The number of hydrogen-bond donors (Lipinski definition) is 1. The summed E-state index contributed by atoms with van der Waals surface area (Å²) in [6.45, 7) is 1.76. The molecule has 1 aromatic heterocycles. The minimum absolute atomic E-state index is 0.180. The molecule has 2 fully saturated rings. The van der Waals surface area contributed by atoms with Gasteiger partial charge >= 0.3 is 5.97 Å². The van der Waals surface area contributed by atoms with Crippen LogP contribution in [0.4, 0.5) is 5.82 Å². The van der Waals surface area contributed by atoms with Crippen LogP contribution >= 0.6 is 0 Å². The molecule has 2 aliphatic rings. The maximum atomic E-state index is 11.7. The summed E-state index contributed by atoms with van der Waals surface area (Å²) in [6.07, 6.45) is 3.62. The number of rotatable bonds is 3. The lowest BCUT2D eigenvalue weighted by atomic mass is 10.1. The Kier molecular flexibility index (Phi) is 2.58. The second kappa shape index (κ2) is 4.35. The number of carbonyl (C=O) groups is 1. The first-order chi connectivity index (χ1) is 10.2. The van der Waals surface area contributed by atoms with Gasteiger partial charge in [0.25, 0.3) is 0 Å². The normalized spacial score (nSPS) is 19.1. The summed E-state index contributed by atoms with van der Waals surface area (Å²) in [5.74, 6) is -0.165. The Balaban J connectivity index is 1.75. The van der Waals surface area contributed by atoms with E-state index >= 15 is 0 Å². The van der Waals surface area contributed by atoms with Gasteiger partial charge in [0.05, 0.1) is 0 Å². The van der Waals surface area contributed by atoms with E-state index in [-0.39, 0.29) is 5.56 Å². The molecule has 1 saturated carbocycles. The van der Waals surface area contributed by atoms with Crippen LogP contribution in [0.3, 0.4) is 0 Å². The molecule has 1 N–H and O–H groups in total. The number of aromatic nitrogens is 1. The summed E-state index contributed by atoms with van der Waals surface area (Å²) in [6, 6.07) is 9.28. The average molecular weight is 284 g/mol. The molecule has 1 saturated heterocycles. The number of benzene rings is 1. The highest BCUT2D eigenvalue weighted by Gasteiger charge is 2.49. The molecule has 5 heteroatoms. The minimum Gasteiger partial charge on any atom is -0.477 e. The van der Waals surface area contributed by atoms with Gasteiger partial charge in [0.1, 0.15) is 0 Å². The van der Waals surface area contributed by atoms with Gasteiger partial charge < -0.3 is 14.5 Å². The summed E-state index contributed by atoms with van der Waals surface area (Å²) < 4.78 is 5.37. The average Bonchev–Trinajstić information content (AvgIpc) is 2.93. The molecule has 0 amide bonds. The molecule has 2 heterocycles. The Hall–Kier alpha value is -2.30. The number of nitrogens with zero attached hydrogens (tertiary/aromatic N) is 2. The van der Waals surface area contributed by atoms with Crippen molar-refractivity contribution in [2.75, 3.05) is 18.0 Å². The molecule has 21 heavy (non-hydrogen) atoms. The molecule has 5 nitrogen and oxygen atoms in total. The second-order valence-corrected chi connectivity index (χ2v) is 6.05. The lowest BCUT2D eigenvalue weighted by Crippen LogP contribution is -2.22. The fourth-order valence-electron chi connectivity index (χ4n) is 3.18. The smallest absolute Gasteiger partial charge is 0.343 e. The van der Waals surface area contributed by atoms with Gasteiger partial charge in [-0.25, -0.2) is 4.79 Å². The van der Waals surface area contributed by atoms with Gasteiger partial charge in [-0.05, 0) is 24.7 Å². The van der Waals surface area contributed by atoms with Crippen LogP contribution in [-0.2, 0) is 0 Å². The van der Waals surface area contributed by atoms with Gasteiger partial charge in [-0.1, -0.05) is 35.5 Å². The van der Waals surface area contributed by atoms with Gasteiger partial charge in [-0.2, -0.15) is 0 Å². The standard InChI is InChI=1S/C16H16N2O3/c19-15(20)12-13(11-4-2-1-3-5-11)21-17-14(12)18-9-8-16(10-18)6-7-16/h1-5H,6-10H2,(H,19,20). The highest BCUT2D eigenvalue weighted by Crippen LogP contribution is 2.53. The molecule has 2 aromatic rings. The van der Waals surface area contributed by atoms with Crippen molar-refractivity contribution in [3.05, 3.63) is 35.9 Å². The molecule has 0 radical (unpaired) electrons. The van der Waals surface area contributed by atoms with Crippen molar-refractivity contribution < 1.29 is 14.4 Å². The van der Waals surface area contributed by atoms with Crippen molar-refractivity contribution in [2.45, 2.75) is 19.3 Å². The van der Waals surface area contributed by atoms with Crippen LogP contribution in [0.1, 0.15) is 29.6 Å². The largest absolute Gasteiger partial charge is 0.477 e. The summed E-state index contributed by atoms with van der Waals surface area (Å²) >= 11 is 0. The van der Waals surface area contributed by atoms with Crippen LogP contribution in [0.2, 0.25) is 0 Å². The van der Waals surface area contributed by atoms with E-state index in [4.69, 9.17) is 4.52 Å². The van der Waals surface area contributed by atoms with Crippen molar-refractivity contribution in [3.8, 4) is 11.3 Å². The van der Waals surface area contributed by atoms with E-state index in [0.29, 0.717) is 17.0 Å². The zero-order valence-corrected chi connectivity index (χ0v) is 11.6. The zero-order valence-electron chi connectivity index (χ0n) is 11.6. The lowest BCUT2D eigenvalue weighted by molar-refractivity contribution is 0.0698. The Morgan fingerprint density at radius 2 is 2.00 bits per heavy atom. The number of hydrogen-bond acceptors (Lipinski definition) is 4. The second-order valence-electron chi connectivity index (χ2n) is 6.05. The molecule has 0 unspecified atom stereocenters. The number of anilines is 1. The van der Waals surface area contributed by atoms with Crippen molar-refractivity contribution in [3.63, 3.8) is 0 Å². The lowest BCUT2D eigenvalue weighted by Gasteiger charge is -2.15. The predicted molar refractivity (Wildman–Crippen MR) is 77.4 cm³/mol. The molecule has 1 aliphatic heterocycles. The Labute approximate surface area is 122 Å². The monoisotopic (exact) mass is 284 g/mol. The van der Waals surface area contributed by atoms with Crippen LogP contribution in [-0.4, -0.2) is 29.3 Å².